The second-order valence-electron chi connectivity index (χ2n) is 4.36. The third kappa shape index (κ3) is 2.41. The molecule has 1 aromatic heterocycles. The Bertz CT molecular complexity index is 651. The van der Waals surface area contributed by atoms with Crippen LogP contribution in [0.15, 0.2) is 21.3 Å². The first kappa shape index (κ1) is 13.4. The largest absolute Gasteiger partial charge is 0.434 e. The third-order valence-electron chi connectivity index (χ3n) is 3.05. The van der Waals surface area contributed by atoms with E-state index in [2.05, 4.69) is 10.2 Å². The molecule has 2 rings (SSSR count). The van der Waals surface area contributed by atoms with Crippen molar-refractivity contribution in [3.8, 4) is 0 Å². The van der Waals surface area contributed by atoms with Crippen LogP contribution in [0.25, 0.3) is 0 Å². The summed E-state index contributed by atoms with van der Waals surface area (Å²) in [5.74, 6) is -2.92. The summed E-state index contributed by atoms with van der Waals surface area (Å²) in [6.45, 7) is 3.07. The van der Waals surface area contributed by atoms with Crippen LogP contribution in [0.5, 0.6) is 0 Å². The Hall–Kier alpha value is -2.02. The Morgan fingerprint density at radius 2 is 2.11 bits per heavy atom. The van der Waals surface area contributed by atoms with Crippen LogP contribution >= 0.6 is 0 Å². The van der Waals surface area contributed by atoms with E-state index in [1.807, 2.05) is 0 Å². The smallest absolute Gasteiger partial charge is 0.391 e. The lowest BCUT2D eigenvalue weighted by Gasteiger charge is -2.19. The number of benzene rings is 1. The van der Waals surface area contributed by atoms with Crippen molar-refractivity contribution in [2.75, 3.05) is 0 Å². The van der Waals surface area contributed by atoms with E-state index in [0.29, 0.717) is 5.56 Å². The number of aromatic nitrogens is 2. The lowest BCUT2D eigenvalue weighted by atomic mass is 9.91. The van der Waals surface area contributed by atoms with Gasteiger partial charge >= 0.3 is 5.76 Å². The Kier molecular flexibility index (Phi) is 3.48. The molecule has 0 aliphatic carbocycles. The quantitative estimate of drug-likeness (QED) is 0.889. The van der Waals surface area contributed by atoms with Gasteiger partial charge < -0.3 is 10.2 Å². The molecule has 0 amide bonds. The molecule has 0 saturated carbocycles. The topological polar surface area (TPSA) is 84.9 Å². The molecular weight excluding hydrogens is 256 g/mol. The highest BCUT2D eigenvalue weighted by Crippen LogP contribution is 2.31. The SMILES string of the molecule is Cc1ccc(F)c(C(C)C(N)c2n[nH]c(=O)o2)c1F. The van der Waals surface area contributed by atoms with Crippen LogP contribution in [-0.2, 0) is 0 Å². The molecule has 0 aliphatic rings. The number of nitrogens with zero attached hydrogens (tertiary/aromatic N) is 1. The number of aryl methyl sites for hydroxylation is 1. The Morgan fingerprint density at radius 3 is 2.68 bits per heavy atom. The zero-order valence-electron chi connectivity index (χ0n) is 10.4. The van der Waals surface area contributed by atoms with Gasteiger partial charge in [-0.1, -0.05) is 13.0 Å². The van der Waals surface area contributed by atoms with Crippen molar-refractivity contribution >= 4 is 0 Å². The van der Waals surface area contributed by atoms with Gasteiger partial charge in [-0.05, 0) is 18.6 Å². The molecule has 0 aliphatic heterocycles. The van der Waals surface area contributed by atoms with Crippen molar-refractivity contribution in [2.45, 2.75) is 25.8 Å². The lowest BCUT2D eigenvalue weighted by Crippen LogP contribution is -2.20. The molecule has 7 heteroatoms. The molecule has 2 aromatic rings. The minimum absolute atomic E-state index is 0.0854. The summed E-state index contributed by atoms with van der Waals surface area (Å²) >= 11 is 0. The number of nitrogens with two attached hydrogens (primary N) is 1. The van der Waals surface area contributed by atoms with Crippen molar-refractivity contribution in [3.05, 3.63) is 51.3 Å². The summed E-state index contributed by atoms with van der Waals surface area (Å²) in [5.41, 5.74) is 6.00. The zero-order chi connectivity index (χ0) is 14.2. The summed E-state index contributed by atoms with van der Waals surface area (Å²) in [5, 5.41) is 5.63. The van der Waals surface area contributed by atoms with Crippen molar-refractivity contribution in [1.82, 2.24) is 10.2 Å². The maximum absolute atomic E-state index is 14.0. The fourth-order valence-corrected chi connectivity index (χ4v) is 1.87. The number of H-pyrrole nitrogens is 1. The summed E-state index contributed by atoms with van der Waals surface area (Å²) in [4.78, 5) is 10.9. The number of hydrogen-bond donors (Lipinski definition) is 2. The van der Waals surface area contributed by atoms with Crippen LogP contribution in [0, 0.1) is 18.6 Å². The monoisotopic (exact) mass is 269 g/mol. The van der Waals surface area contributed by atoms with Crippen LogP contribution in [0.3, 0.4) is 0 Å². The van der Waals surface area contributed by atoms with Crippen LogP contribution < -0.4 is 11.5 Å². The minimum Gasteiger partial charge on any atom is -0.391 e. The zero-order valence-corrected chi connectivity index (χ0v) is 10.4. The molecule has 19 heavy (non-hydrogen) atoms. The van der Waals surface area contributed by atoms with Crippen LogP contribution in [-0.4, -0.2) is 10.2 Å². The van der Waals surface area contributed by atoms with E-state index in [9.17, 15) is 13.6 Å². The molecule has 0 bridgehead atoms. The van der Waals surface area contributed by atoms with Gasteiger partial charge in [0.1, 0.15) is 11.6 Å². The normalized spacial score (nSPS) is 14.4. The fourth-order valence-electron chi connectivity index (χ4n) is 1.87. The maximum atomic E-state index is 14.0. The first-order valence-electron chi connectivity index (χ1n) is 5.67. The minimum atomic E-state index is -0.926. The lowest BCUT2D eigenvalue weighted by molar-refractivity contribution is 0.390. The molecule has 0 fully saturated rings. The Morgan fingerprint density at radius 1 is 1.42 bits per heavy atom. The molecule has 3 N–H and O–H groups in total. The second-order valence-corrected chi connectivity index (χ2v) is 4.36. The molecular formula is C12H13F2N3O2. The van der Waals surface area contributed by atoms with Gasteiger partial charge in [-0.25, -0.2) is 18.7 Å². The van der Waals surface area contributed by atoms with E-state index < -0.39 is 29.4 Å². The molecule has 1 aromatic carbocycles. The molecule has 102 valence electrons. The van der Waals surface area contributed by atoms with Crippen molar-refractivity contribution < 1.29 is 13.2 Å². The highest BCUT2D eigenvalue weighted by molar-refractivity contribution is 5.30. The van der Waals surface area contributed by atoms with E-state index in [4.69, 9.17) is 10.2 Å². The fraction of sp³-hybridized carbons (Fsp3) is 0.333. The average Bonchev–Trinajstić information content (AvgIpc) is 2.80. The van der Waals surface area contributed by atoms with E-state index in [1.165, 1.54) is 19.1 Å². The van der Waals surface area contributed by atoms with Crippen molar-refractivity contribution in [2.24, 2.45) is 5.73 Å². The molecule has 5 nitrogen and oxygen atoms in total. The Balaban J connectivity index is 2.42. The number of hydrogen-bond acceptors (Lipinski definition) is 4. The maximum Gasteiger partial charge on any atom is 0.434 e. The second kappa shape index (κ2) is 4.93. The van der Waals surface area contributed by atoms with Gasteiger partial charge in [0.05, 0.1) is 6.04 Å². The standard InChI is InChI=1S/C12H13F2N3O2/c1-5-3-4-7(13)8(9(5)14)6(2)10(15)11-16-17-12(18)19-11/h3-4,6,10H,15H2,1-2H3,(H,17,18). The highest BCUT2D eigenvalue weighted by Gasteiger charge is 2.27. The molecule has 1 heterocycles. The van der Waals surface area contributed by atoms with Crippen LogP contribution in [0.1, 0.15) is 35.9 Å². The predicted octanol–water partition coefficient (Wildman–Crippen LogP) is 1.75. The van der Waals surface area contributed by atoms with Gasteiger partial charge in [-0.3, -0.25) is 0 Å². The molecule has 2 unspecified atom stereocenters. The average molecular weight is 269 g/mol. The van der Waals surface area contributed by atoms with Gasteiger partial charge in [-0.2, -0.15) is 0 Å². The van der Waals surface area contributed by atoms with Gasteiger partial charge in [0.25, 0.3) is 0 Å². The number of rotatable bonds is 3. The first-order valence-corrected chi connectivity index (χ1v) is 5.67. The first-order chi connectivity index (χ1) is 8.91. The number of aromatic amines is 1. The van der Waals surface area contributed by atoms with E-state index >= 15 is 0 Å². The highest BCUT2D eigenvalue weighted by atomic mass is 19.1. The van der Waals surface area contributed by atoms with E-state index in [-0.39, 0.29) is 11.5 Å². The van der Waals surface area contributed by atoms with E-state index in [1.54, 1.807) is 6.92 Å². The summed E-state index contributed by atoms with van der Waals surface area (Å²) in [6, 6.07) is 1.60. The Labute approximate surface area is 107 Å². The van der Waals surface area contributed by atoms with Gasteiger partial charge in [-0.15, -0.1) is 5.10 Å². The third-order valence-corrected chi connectivity index (χ3v) is 3.05. The number of nitrogens with one attached hydrogen (secondary N) is 1. The summed E-state index contributed by atoms with van der Waals surface area (Å²) < 4.78 is 32.4. The van der Waals surface area contributed by atoms with Crippen molar-refractivity contribution in [3.63, 3.8) is 0 Å². The van der Waals surface area contributed by atoms with Crippen LogP contribution in [0.2, 0.25) is 0 Å². The summed E-state index contributed by atoms with van der Waals surface area (Å²) in [7, 11) is 0. The predicted molar refractivity (Wildman–Crippen MR) is 63.6 cm³/mol. The summed E-state index contributed by atoms with van der Waals surface area (Å²) in [6.07, 6.45) is 0. The molecule has 0 saturated heterocycles. The molecule has 0 spiro atoms. The van der Waals surface area contributed by atoms with E-state index in [0.717, 1.165) is 0 Å². The van der Waals surface area contributed by atoms with Crippen LogP contribution in [0.4, 0.5) is 8.78 Å². The number of halogens is 2. The van der Waals surface area contributed by atoms with Gasteiger partial charge in [0.2, 0.25) is 5.89 Å². The molecule has 0 radical (unpaired) electrons. The van der Waals surface area contributed by atoms with Gasteiger partial charge in [0.15, 0.2) is 0 Å². The van der Waals surface area contributed by atoms with Gasteiger partial charge in [0, 0.05) is 11.5 Å². The van der Waals surface area contributed by atoms with Crippen molar-refractivity contribution in [1.29, 1.82) is 0 Å². The molecule has 2 atom stereocenters.